The van der Waals surface area contributed by atoms with Crippen LogP contribution >= 0.6 is 0 Å². The maximum absolute atomic E-state index is 12.5. The van der Waals surface area contributed by atoms with Gasteiger partial charge in [-0.3, -0.25) is 14.5 Å². The molecule has 0 saturated carbocycles. The number of amides is 2. The number of piperidine rings is 1. The highest BCUT2D eigenvalue weighted by molar-refractivity contribution is 5.96. The predicted octanol–water partition coefficient (Wildman–Crippen LogP) is 2.67. The zero-order valence-electron chi connectivity index (χ0n) is 18.1. The molecular formula is C24H31N5O2. The number of nitrogens with zero attached hydrogens (tertiary/aromatic N) is 3. The monoisotopic (exact) mass is 421 g/mol. The summed E-state index contributed by atoms with van der Waals surface area (Å²) in [4.78, 5) is 26.4. The molecule has 2 N–H and O–H groups in total. The van der Waals surface area contributed by atoms with Crippen LogP contribution in [-0.4, -0.2) is 53.5 Å². The fourth-order valence-electron chi connectivity index (χ4n) is 3.94. The highest BCUT2D eigenvalue weighted by atomic mass is 16.2. The summed E-state index contributed by atoms with van der Waals surface area (Å²) >= 11 is 0. The molecule has 3 rings (SSSR count). The molecule has 1 aliphatic rings. The van der Waals surface area contributed by atoms with Crippen molar-refractivity contribution in [1.29, 1.82) is 5.26 Å². The summed E-state index contributed by atoms with van der Waals surface area (Å²) in [5, 5.41) is 15.9. The van der Waals surface area contributed by atoms with Crippen molar-refractivity contribution in [3.8, 4) is 6.07 Å². The molecular weight excluding hydrogens is 390 g/mol. The Morgan fingerprint density at radius 2 is 2.03 bits per heavy atom. The largest absolute Gasteiger partial charge is 0.355 e. The molecule has 164 valence electrons. The second-order valence-electron chi connectivity index (χ2n) is 7.95. The van der Waals surface area contributed by atoms with E-state index >= 15 is 0 Å². The Hall–Kier alpha value is -3.11. The molecule has 0 spiro atoms. The number of carbonyl (C=O) groups is 2. The molecule has 0 atom stereocenters. The number of nitriles is 1. The summed E-state index contributed by atoms with van der Waals surface area (Å²) in [6.45, 7) is 5.42. The van der Waals surface area contributed by atoms with E-state index in [1.165, 1.54) is 0 Å². The predicted molar refractivity (Wildman–Crippen MR) is 122 cm³/mol. The molecule has 0 radical (unpaired) electrons. The molecule has 2 heterocycles. The van der Waals surface area contributed by atoms with Crippen LogP contribution in [0.15, 0.2) is 36.5 Å². The van der Waals surface area contributed by atoms with Crippen LogP contribution in [0.25, 0.3) is 17.0 Å². The second kappa shape index (κ2) is 11.3. The number of hydrogen-bond acceptors (Lipinski definition) is 4. The van der Waals surface area contributed by atoms with E-state index in [-0.39, 0.29) is 17.9 Å². The van der Waals surface area contributed by atoms with Gasteiger partial charge in [0.25, 0.3) is 0 Å². The molecule has 1 aromatic heterocycles. The number of nitrogens with one attached hydrogen (secondary N) is 2. The average molecular weight is 422 g/mol. The number of carbonyl (C=O) groups excluding carboxylic acids is 2. The zero-order valence-corrected chi connectivity index (χ0v) is 18.1. The summed E-state index contributed by atoms with van der Waals surface area (Å²) in [6, 6.07) is 10.3. The Morgan fingerprint density at radius 1 is 1.26 bits per heavy atom. The van der Waals surface area contributed by atoms with Crippen molar-refractivity contribution in [2.45, 2.75) is 45.2 Å². The van der Waals surface area contributed by atoms with Crippen LogP contribution in [0, 0.1) is 11.3 Å². The summed E-state index contributed by atoms with van der Waals surface area (Å²) in [7, 11) is 0. The van der Waals surface area contributed by atoms with Crippen LogP contribution in [0.2, 0.25) is 0 Å². The molecule has 31 heavy (non-hydrogen) atoms. The number of likely N-dealkylation sites (tertiary alicyclic amines) is 1. The van der Waals surface area contributed by atoms with Crippen molar-refractivity contribution < 1.29 is 9.59 Å². The lowest BCUT2D eigenvalue weighted by molar-refractivity contribution is -0.123. The maximum atomic E-state index is 12.5. The van der Waals surface area contributed by atoms with E-state index in [9.17, 15) is 9.59 Å². The van der Waals surface area contributed by atoms with E-state index in [2.05, 4.69) is 26.2 Å². The van der Waals surface area contributed by atoms with Gasteiger partial charge in [0.2, 0.25) is 11.8 Å². The molecule has 7 heteroatoms. The molecule has 1 saturated heterocycles. The molecule has 0 bridgehead atoms. The van der Waals surface area contributed by atoms with Crippen molar-refractivity contribution in [2.24, 2.45) is 0 Å². The summed E-state index contributed by atoms with van der Waals surface area (Å²) in [5.41, 5.74) is 2.03. The first-order valence-electron chi connectivity index (χ1n) is 11.0. The fraction of sp³-hybridized carbons (Fsp3) is 0.458. The van der Waals surface area contributed by atoms with Crippen LogP contribution in [0.3, 0.4) is 0 Å². The van der Waals surface area contributed by atoms with E-state index in [1.54, 1.807) is 6.08 Å². The molecule has 0 aliphatic carbocycles. The lowest BCUT2D eigenvalue weighted by Gasteiger charge is -2.31. The van der Waals surface area contributed by atoms with Crippen molar-refractivity contribution in [3.63, 3.8) is 0 Å². The van der Waals surface area contributed by atoms with Crippen molar-refractivity contribution in [2.75, 3.05) is 26.2 Å². The Labute approximate surface area is 183 Å². The van der Waals surface area contributed by atoms with Gasteiger partial charge >= 0.3 is 0 Å². The van der Waals surface area contributed by atoms with Crippen molar-refractivity contribution in [1.82, 2.24) is 20.1 Å². The smallest absolute Gasteiger partial charge is 0.244 e. The third-order valence-corrected chi connectivity index (χ3v) is 5.57. The molecule has 2 amide bonds. The van der Waals surface area contributed by atoms with Crippen LogP contribution in [0.1, 0.15) is 38.2 Å². The normalized spacial score (nSPS) is 15.2. The van der Waals surface area contributed by atoms with Crippen LogP contribution in [0.5, 0.6) is 0 Å². The van der Waals surface area contributed by atoms with Crippen molar-refractivity contribution >= 4 is 28.8 Å². The Morgan fingerprint density at radius 3 is 2.77 bits per heavy atom. The van der Waals surface area contributed by atoms with E-state index in [1.807, 2.05) is 43.5 Å². The minimum atomic E-state index is -0.104. The van der Waals surface area contributed by atoms with E-state index < -0.39 is 0 Å². The van der Waals surface area contributed by atoms with Gasteiger partial charge in [0.1, 0.15) is 0 Å². The highest BCUT2D eigenvalue weighted by Gasteiger charge is 2.21. The molecule has 1 fully saturated rings. The molecule has 1 aromatic carbocycles. The summed E-state index contributed by atoms with van der Waals surface area (Å²) in [6.07, 6.45) is 8.49. The number of aryl methyl sites for hydroxylation is 1. The first kappa shape index (κ1) is 22.6. The van der Waals surface area contributed by atoms with E-state index in [0.717, 1.165) is 48.8 Å². The number of rotatable bonds is 9. The molecule has 1 aliphatic heterocycles. The standard InChI is InChI=1S/C24H31N5O2/c1-2-13-26-24(31)18-28-15-10-20(11-16-28)27-23(30)9-8-19-17-29(14-5-12-25)22-7-4-3-6-21(19)22/h3-4,6-9,17,20H,2,5,10-11,13-16,18H2,1H3,(H,26,31)(H,27,30)/b9-8+. The van der Waals surface area contributed by atoms with Gasteiger partial charge in [-0.2, -0.15) is 5.26 Å². The highest BCUT2D eigenvalue weighted by Crippen LogP contribution is 2.23. The van der Waals surface area contributed by atoms with Crippen LogP contribution in [-0.2, 0) is 16.1 Å². The Balaban J connectivity index is 1.51. The minimum absolute atomic E-state index is 0.0706. The Kier molecular flexibility index (Phi) is 8.25. The zero-order chi connectivity index (χ0) is 22.1. The van der Waals surface area contributed by atoms with Crippen molar-refractivity contribution in [3.05, 3.63) is 42.1 Å². The van der Waals surface area contributed by atoms with E-state index in [0.29, 0.717) is 26.1 Å². The Bertz CT molecular complexity index is 964. The number of hydrogen-bond donors (Lipinski definition) is 2. The van der Waals surface area contributed by atoms with Crippen LogP contribution in [0.4, 0.5) is 0 Å². The van der Waals surface area contributed by atoms with Gasteiger partial charge in [0.05, 0.1) is 19.0 Å². The number of fused-ring (bicyclic) bond motifs is 1. The summed E-state index contributed by atoms with van der Waals surface area (Å²) < 4.78 is 2.06. The lowest BCUT2D eigenvalue weighted by Crippen LogP contribution is -2.47. The first-order valence-corrected chi connectivity index (χ1v) is 11.0. The van der Waals surface area contributed by atoms with Gasteiger partial charge in [0.15, 0.2) is 0 Å². The topological polar surface area (TPSA) is 90.2 Å². The van der Waals surface area contributed by atoms with Gasteiger partial charge in [-0.25, -0.2) is 0 Å². The minimum Gasteiger partial charge on any atom is -0.355 e. The third-order valence-electron chi connectivity index (χ3n) is 5.57. The lowest BCUT2D eigenvalue weighted by atomic mass is 10.0. The van der Waals surface area contributed by atoms with Gasteiger partial charge < -0.3 is 15.2 Å². The number of aromatic nitrogens is 1. The van der Waals surface area contributed by atoms with Gasteiger partial charge in [0, 0.05) is 61.0 Å². The molecule has 7 nitrogen and oxygen atoms in total. The average Bonchev–Trinajstić information content (AvgIpc) is 3.14. The van der Waals surface area contributed by atoms with Gasteiger partial charge in [-0.15, -0.1) is 0 Å². The second-order valence-corrected chi connectivity index (χ2v) is 7.95. The quantitative estimate of drug-likeness (QED) is 0.609. The molecule has 2 aromatic rings. The maximum Gasteiger partial charge on any atom is 0.244 e. The summed E-state index contributed by atoms with van der Waals surface area (Å²) in [5.74, 6) is -0.0332. The molecule has 0 unspecified atom stereocenters. The third kappa shape index (κ3) is 6.43. The van der Waals surface area contributed by atoms with Gasteiger partial charge in [-0.1, -0.05) is 25.1 Å². The first-order chi connectivity index (χ1) is 15.1. The van der Waals surface area contributed by atoms with E-state index in [4.69, 9.17) is 5.26 Å². The van der Waals surface area contributed by atoms with Gasteiger partial charge in [-0.05, 0) is 31.4 Å². The fourth-order valence-corrected chi connectivity index (χ4v) is 3.94. The van der Waals surface area contributed by atoms with Crippen LogP contribution < -0.4 is 10.6 Å². The SMILES string of the molecule is CCCNC(=O)CN1CCC(NC(=O)/C=C/c2cn(CCC#N)c3ccccc23)CC1. The number of benzene rings is 1. The number of para-hydroxylation sites is 1.